The fourth-order valence-corrected chi connectivity index (χ4v) is 3.01. The molecule has 19 heavy (non-hydrogen) atoms. The third-order valence-corrected chi connectivity index (χ3v) is 4.06. The number of rotatable bonds is 4. The summed E-state index contributed by atoms with van der Waals surface area (Å²) >= 11 is 0. The average molecular weight is 266 g/mol. The zero-order valence-electron chi connectivity index (χ0n) is 12.0. The summed E-state index contributed by atoms with van der Waals surface area (Å²) in [6.45, 7) is 2.14. The number of methoxy groups -OCH3 is 1. The molecule has 0 aromatic heterocycles. The zero-order valence-corrected chi connectivity index (χ0v) is 12.0. The lowest BCUT2D eigenvalue weighted by atomic mass is 9.83. The van der Waals surface area contributed by atoms with Crippen LogP contribution < -0.4 is 10.1 Å². The number of likely N-dealkylation sites (tertiary alicyclic amines) is 1. The van der Waals surface area contributed by atoms with Gasteiger partial charge < -0.3 is 15.0 Å². The Morgan fingerprint density at radius 2 is 2.26 bits per heavy atom. The first kappa shape index (κ1) is 14.3. The van der Waals surface area contributed by atoms with E-state index in [-0.39, 0.29) is 11.4 Å². The topological polar surface area (TPSA) is 24.5 Å². The molecule has 106 valence electrons. The van der Waals surface area contributed by atoms with Crippen LogP contribution in [-0.4, -0.2) is 44.7 Å². The summed E-state index contributed by atoms with van der Waals surface area (Å²) in [6.07, 6.45) is 3.15. The molecule has 0 bridgehead atoms. The van der Waals surface area contributed by atoms with Crippen LogP contribution in [0.25, 0.3) is 0 Å². The van der Waals surface area contributed by atoms with E-state index in [4.69, 9.17) is 4.74 Å². The SMILES string of the molecule is CNC1(Cc2ccc(OC)c(F)c2)CCCN(C)C1. The van der Waals surface area contributed by atoms with E-state index in [0.717, 1.165) is 31.5 Å². The van der Waals surface area contributed by atoms with Crippen LogP contribution in [0.5, 0.6) is 5.75 Å². The first-order valence-corrected chi connectivity index (χ1v) is 6.78. The largest absolute Gasteiger partial charge is 0.494 e. The molecule has 1 heterocycles. The lowest BCUT2D eigenvalue weighted by molar-refractivity contribution is 0.151. The number of hydrogen-bond donors (Lipinski definition) is 1. The van der Waals surface area contributed by atoms with Gasteiger partial charge in [-0.2, -0.15) is 0 Å². The summed E-state index contributed by atoms with van der Waals surface area (Å²) in [5, 5.41) is 3.45. The minimum absolute atomic E-state index is 0.0496. The van der Waals surface area contributed by atoms with Gasteiger partial charge in [0.15, 0.2) is 11.6 Å². The Balaban J connectivity index is 2.16. The van der Waals surface area contributed by atoms with Gasteiger partial charge in [-0.15, -0.1) is 0 Å². The summed E-state index contributed by atoms with van der Waals surface area (Å²) in [7, 11) is 5.63. The van der Waals surface area contributed by atoms with Gasteiger partial charge in [0, 0.05) is 12.1 Å². The van der Waals surface area contributed by atoms with E-state index in [1.54, 1.807) is 12.1 Å². The molecule has 0 aliphatic carbocycles. The molecular weight excluding hydrogens is 243 g/mol. The molecule has 1 aliphatic rings. The number of ether oxygens (including phenoxy) is 1. The highest BCUT2D eigenvalue weighted by molar-refractivity contribution is 5.30. The minimum atomic E-state index is -0.282. The fraction of sp³-hybridized carbons (Fsp3) is 0.600. The van der Waals surface area contributed by atoms with Crippen LogP contribution in [0.2, 0.25) is 0 Å². The normalized spacial score (nSPS) is 24.4. The maximum absolute atomic E-state index is 13.8. The first-order chi connectivity index (χ1) is 9.08. The van der Waals surface area contributed by atoms with Crippen molar-refractivity contribution in [3.63, 3.8) is 0 Å². The van der Waals surface area contributed by atoms with E-state index in [1.807, 2.05) is 13.1 Å². The Labute approximate surface area is 114 Å². The number of nitrogens with zero attached hydrogens (tertiary/aromatic N) is 1. The van der Waals surface area contributed by atoms with Gasteiger partial charge in [0.1, 0.15) is 0 Å². The Hall–Kier alpha value is -1.13. The van der Waals surface area contributed by atoms with Crippen LogP contribution in [0.4, 0.5) is 4.39 Å². The predicted molar refractivity (Wildman–Crippen MR) is 75.2 cm³/mol. The molecule has 4 heteroatoms. The molecule has 1 unspecified atom stereocenters. The van der Waals surface area contributed by atoms with E-state index in [0.29, 0.717) is 5.75 Å². The number of likely N-dealkylation sites (N-methyl/N-ethyl adjacent to an activating group) is 2. The Morgan fingerprint density at radius 1 is 1.47 bits per heavy atom. The fourth-order valence-electron chi connectivity index (χ4n) is 3.01. The highest BCUT2D eigenvalue weighted by Crippen LogP contribution is 2.26. The van der Waals surface area contributed by atoms with Crippen LogP contribution in [0.15, 0.2) is 18.2 Å². The van der Waals surface area contributed by atoms with Crippen LogP contribution >= 0.6 is 0 Å². The lowest BCUT2D eigenvalue weighted by Gasteiger charge is -2.41. The van der Waals surface area contributed by atoms with E-state index >= 15 is 0 Å². The second-order valence-electron chi connectivity index (χ2n) is 5.52. The van der Waals surface area contributed by atoms with Crippen molar-refractivity contribution < 1.29 is 9.13 Å². The van der Waals surface area contributed by atoms with Crippen molar-refractivity contribution in [2.45, 2.75) is 24.8 Å². The van der Waals surface area contributed by atoms with Crippen molar-refractivity contribution in [3.05, 3.63) is 29.6 Å². The van der Waals surface area contributed by atoms with E-state index in [1.165, 1.54) is 13.5 Å². The van der Waals surface area contributed by atoms with Gasteiger partial charge in [0.2, 0.25) is 0 Å². The standard InChI is InChI=1S/C15H23FN2O/c1-17-15(7-4-8-18(2)11-15)10-12-5-6-14(19-3)13(16)9-12/h5-6,9,17H,4,7-8,10-11H2,1-3H3. The Bertz CT molecular complexity index is 438. The van der Waals surface area contributed by atoms with Gasteiger partial charge in [0.05, 0.1) is 7.11 Å². The highest BCUT2D eigenvalue weighted by atomic mass is 19.1. The molecule has 1 aromatic carbocycles. The molecule has 1 atom stereocenters. The molecule has 1 aliphatic heterocycles. The maximum Gasteiger partial charge on any atom is 0.165 e. The molecule has 0 spiro atoms. The van der Waals surface area contributed by atoms with Gasteiger partial charge >= 0.3 is 0 Å². The molecular formula is C15H23FN2O. The second-order valence-corrected chi connectivity index (χ2v) is 5.52. The summed E-state index contributed by atoms with van der Waals surface area (Å²) in [6, 6.07) is 5.25. The van der Waals surface area contributed by atoms with Crippen molar-refractivity contribution in [2.75, 3.05) is 34.3 Å². The predicted octanol–water partition coefficient (Wildman–Crippen LogP) is 2.06. The first-order valence-electron chi connectivity index (χ1n) is 6.78. The molecule has 1 N–H and O–H groups in total. The van der Waals surface area contributed by atoms with Gasteiger partial charge in [-0.05, 0) is 57.6 Å². The molecule has 3 nitrogen and oxygen atoms in total. The average Bonchev–Trinajstić information content (AvgIpc) is 2.39. The van der Waals surface area contributed by atoms with Crippen molar-refractivity contribution in [1.82, 2.24) is 10.2 Å². The maximum atomic E-state index is 13.8. The van der Waals surface area contributed by atoms with Gasteiger partial charge in [-0.25, -0.2) is 4.39 Å². The molecule has 0 radical (unpaired) electrons. The second kappa shape index (κ2) is 5.88. The van der Waals surface area contributed by atoms with Crippen LogP contribution in [0, 0.1) is 5.82 Å². The number of hydrogen-bond acceptors (Lipinski definition) is 3. The summed E-state index contributed by atoms with van der Waals surface area (Å²) in [4.78, 5) is 2.33. The molecule has 1 aromatic rings. The summed E-state index contributed by atoms with van der Waals surface area (Å²) in [5.41, 5.74) is 1.07. The number of benzene rings is 1. The minimum Gasteiger partial charge on any atom is -0.494 e. The van der Waals surface area contributed by atoms with Crippen molar-refractivity contribution >= 4 is 0 Å². The van der Waals surface area contributed by atoms with Crippen molar-refractivity contribution in [2.24, 2.45) is 0 Å². The Morgan fingerprint density at radius 3 is 2.84 bits per heavy atom. The smallest absolute Gasteiger partial charge is 0.165 e. The van der Waals surface area contributed by atoms with Crippen molar-refractivity contribution in [3.8, 4) is 5.75 Å². The van der Waals surface area contributed by atoms with Crippen LogP contribution in [0.1, 0.15) is 18.4 Å². The number of piperidine rings is 1. The van der Waals surface area contributed by atoms with Gasteiger partial charge in [-0.3, -0.25) is 0 Å². The summed E-state index contributed by atoms with van der Waals surface area (Å²) in [5.74, 6) is 0.0263. The monoisotopic (exact) mass is 266 g/mol. The van der Waals surface area contributed by atoms with Gasteiger partial charge in [0.25, 0.3) is 0 Å². The molecule has 0 saturated carbocycles. The third kappa shape index (κ3) is 3.25. The van der Waals surface area contributed by atoms with Crippen LogP contribution in [-0.2, 0) is 6.42 Å². The zero-order chi connectivity index (χ0) is 13.9. The number of halogens is 1. The van der Waals surface area contributed by atoms with Crippen molar-refractivity contribution in [1.29, 1.82) is 0 Å². The summed E-state index contributed by atoms with van der Waals surface area (Å²) < 4.78 is 18.7. The third-order valence-electron chi connectivity index (χ3n) is 4.06. The highest BCUT2D eigenvalue weighted by Gasteiger charge is 2.32. The van der Waals surface area contributed by atoms with Crippen LogP contribution in [0.3, 0.4) is 0 Å². The van der Waals surface area contributed by atoms with Gasteiger partial charge in [-0.1, -0.05) is 6.07 Å². The Kier molecular flexibility index (Phi) is 4.42. The quantitative estimate of drug-likeness (QED) is 0.903. The molecule has 0 amide bonds. The van der Waals surface area contributed by atoms with E-state index in [9.17, 15) is 4.39 Å². The molecule has 1 saturated heterocycles. The molecule has 2 rings (SSSR count). The van der Waals surface area contributed by atoms with E-state index in [2.05, 4.69) is 17.3 Å². The lowest BCUT2D eigenvalue weighted by Crippen LogP contribution is -2.56. The van der Waals surface area contributed by atoms with E-state index < -0.39 is 0 Å². The number of nitrogens with one attached hydrogen (secondary N) is 1. The molecule has 1 fully saturated rings.